The zero-order valence-corrected chi connectivity index (χ0v) is 13.2. The van der Waals surface area contributed by atoms with Crippen LogP contribution in [0.3, 0.4) is 0 Å². The van der Waals surface area contributed by atoms with Crippen LogP contribution < -0.4 is 5.32 Å². The highest BCUT2D eigenvalue weighted by molar-refractivity contribution is 9.10. The third-order valence-electron chi connectivity index (χ3n) is 2.95. The van der Waals surface area contributed by atoms with Gasteiger partial charge >= 0.3 is 0 Å². The number of aliphatic hydroxyl groups excluding tert-OH is 1. The zero-order chi connectivity index (χ0) is 15.2. The van der Waals surface area contributed by atoms with Crippen molar-refractivity contribution in [2.75, 3.05) is 5.32 Å². The third kappa shape index (κ3) is 4.55. The molecule has 0 heterocycles. The van der Waals surface area contributed by atoms with Crippen molar-refractivity contribution < 1.29 is 9.90 Å². The lowest BCUT2D eigenvalue weighted by Crippen LogP contribution is -2.07. The third-order valence-corrected chi connectivity index (χ3v) is 3.63. The molecule has 1 amide bonds. The summed E-state index contributed by atoms with van der Waals surface area (Å²) in [6, 6.07) is 13.1. The molecule has 2 N–H and O–H groups in total. The summed E-state index contributed by atoms with van der Waals surface area (Å²) in [5, 5.41) is 11.8. The molecule has 0 saturated carbocycles. The van der Waals surface area contributed by atoms with Crippen LogP contribution in [0, 0.1) is 6.92 Å². The van der Waals surface area contributed by atoms with Crippen LogP contribution in [0.25, 0.3) is 6.08 Å². The molecule has 3 nitrogen and oxygen atoms in total. The van der Waals surface area contributed by atoms with Crippen LogP contribution in [-0.4, -0.2) is 11.0 Å². The summed E-state index contributed by atoms with van der Waals surface area (Å²) in [5.74, 6) is -0.211. The van der Waals surface area contributed by atoms with Gasteiger partial charge in [0, 0.05) is 16.2 Å². The normalized spacial score (nSPS) is 10.8. The molecule has 4 heteroatoms. The van der Waals surface area contributed by atoms with Gasteiger partial charge in [-0.3, -0.25) is 4.79 Å². The Morgan fingerprint density at radius 3 is 2.81 bits per heavy atom. The molecule has 0 spiro atoms. The Hall–Kier alpha value is -1.91. The summed E-state index contributed by atoms with van der Waals surface area (Å²) in [6.45, 7) is 1.97. The van der Waals surface area contributed by atoms with E-state index in [0.29, 0.717) is 5.69 Å². The molecule has 0 aromatic heterocycles. The van der Waals surface area contributed by atoms with Crippen molar-refractivity contribution in [2.24, 2.45) is 0 Å². The summed E-state index contributed by atoms with van der Waals surface area (Å²) in [6.07, 6.45) is 3.25. The van der Waals surface area contributed by atoms with E-state index in [-0.39, 0.29) is 12.5 Å². The van der Waals surface area contributed by atoms with E-state index < -0.39 is 0 Å². The summed E-state index contributed by atoms with van der Waals surface area (Å²) in [4.78, 5) is 11.9. The van der Waals surface area contributed by atoms with E-state index in [9.17, 15) is 4.79 Å². The van der Waals surface area contributed by atoms with Crippen LogP contribution in [0.5, 0.6) is 0 Å². The van der Waals surface area contributed by atoms with E-state index in [4.69, 9.17) is 5.11 Å². The maximum atomic E-state index is 11.9. The SMILES string of the molecule is Cc1ccc(/C=C/C(=O)Nc2cccc(CO)c2)c(Br)c1. The molecule has 108 valence electrons. The predicted molar refractivity (Wildman–Crippen MR) is 88.9 cm³/mol. The second kappa shape index (κ2) is 7.20. The monoisotopic (exact) mass is 345 g/mol. The van der Waals surface area contributed by atoms with E-state index >= 15 is 0 Å². The number of hydrogen-bond acceptors (Lipinski definition) is 2. The molecule has 0 saturated heterocycles. The van der Waals surface area contributed by atoms with Crippen molar-refractivity contribution in [2.45, 2.75) is 13.5 Å². The maximum absolute atomic E-state index is 11.9. The molecule has 2 aromatic carbocycles. The molecule has 2 rings (SSSR count). The van der Waals surface area contributed by atoms with Crippen molar-refractivity contribution in [1.29, 1.82) is 0 Å². The van der Waals surface area contributed by atoms with Gasteiger partial charge in [0.2, 0.25) is 5.91 Å². The summed E-state index contributed by atoms with van der Waals surface area (Å²) in [7, 11) is 0. The Labute approximate surface area is 132 Å². The average molecular weight is 346 g/mol. The molecular formula is C17H16BrNO2. The van der Waals surface area contributed by atoms with E-state index in [2.05, 4.69) is 21.2 Å². The van der Waals surface area contributed by atoms with Gasteiger partial charge in [0.25, 0.3) is 0 Å². The summed E-state index contributed by atoms with van der Waals surface area (Å²) >= 11 is 3.47. The molecule has 0 atom stereocenters. The first-order valence-electron chi connectivity index (χ1n) is 6.53. The minimum atomic E-state index is -0.211. The van der Waals surface area contributed by atoms with Gasteiger partial charge in [0.05, 0.1) is 6.61 Å². The first kappa shape index (κ1) is 15.5. The average Bonchev–Trinajstić information content (AvgIpc) is 2.46. The highest BCUT2D eigenvalue weighted by Gasteiger charge is 2.00. The highest BCUT2D eigenvalue weighted by Crippen LogP contribution is 2.19. The lowest BCUT2D eigenvalue weighted by Gasteiger charge is -2.04. The van der Waals surface area contributed by atoms with Crippen LogP contribution >= 0.6 is 15.9 Å². The molecule has 0 aliphatic rings. The molecule has 0 fully saturated rings. The van der Waals surface area contributed by atoms with Gasteiger partial charge in [0.1, 0.15) is 0 Å². The standard InChI is InChI=1S/C17H16BrNO2/c1-12-5-6-14(16(18)9-12)7-8-17(21)19-15-4-2-3-13(10-15)11-20/h2-10,20H,11H2,1H3,(H,19,21)/b8-7+. The van der Waals surface area contributed by atoms with Crippen LogP contribution in [0.4, 0.5) is 5.69 Å². The van der Waals surface area contributed by atoms with Crippen LogP contribution in [0.15, 0.2) is 53.0 Å². The fourth-order valence-electron chi connectivity index (χ4n) is 1.86. The van der Waals surface area contributed by atoms with Crippen LogP contribution in [-0.2, 0) is 11.4 Å². The molecule has 21 heavy (non-hydrogen) atoms. The minimum absolute atomic E-state index is 0.0458. The van der Waals surface area contributed by atoms with Gasteiger partial charge in [-0.2, -0.15) is 0 Å². The van der Waals surface area contributed by atoms with Crippen molar-refractivity contribution in [3.63, 3.8) is 0 Å². The second-order valence-electron chi connectivity index (χ2n) is 4.71. The number of carbonyl (C=O) groups is 1. The summed E-state index contributed by atoms with van der Waals surface area (Å²) in [5.41, 5.74) is 3.53. The lowest BCUT2D eigenvalue weighted by molar-refractivity contribution is -0.111. The Balaban J connectivity index is 2.05. The largest absolute Gasteiger partial charge is 0.392 e. The van der Waals surface area contributed by atoms with Gasteiger partial charge < -0.3 is 10.4 Å². The molecule has 2 aromatic rings. The van der Waals surface area contributed by atoms with Gasteiger partial charge in [0.15, 0.2) is 0 Å². The number of carbonyl (C=O) groups excluding carboxylic acids is 1. The van der Waals surface area contributed by atoms with Gasteiger partial charge in [-0.1, -0.05) is 40.2 Å². The predicted octanol–water partition coefficient (Wildman–Crippen LogP) is 3.90. The number of anilines is 1. The number of benzene rings is 2. The molecular weight excluding hydrogens is 330 g/mol. The first-order valence-corrected chi connectivity index (χ1v) is 7.33. The van der Waals surface area contributed by atoms with Gasteiger partial charge in [-0.05, 0) is 47.9 Å². The van der Waals surface area contributed by atoms with E-state index in [1.165, 1.54) is 6.08 Å². The van der Waals surface area contributed by atoms with Crippen molar-refractivity contribution in [3.05, 3.63) is 69.7 Å². The molecule has 0 aliphatic carbocycles. The number of amides is 1. The minimum Gasteiger partial charge on any atom is -0.392 e. The fraction of sp³-hybridized carbons (Fsp3) is 0.118. The molecule has 0 unspecified atom stereocenters. The molecule has 0 aliphatic heterocycles. The maximum Gasteiger partial charge on any atom is 0.248 e. The van der Waals surface area contributed by atoms with E-state index in [1.54, 1.807) is 30.3 Å². The molecule has 0 radical (unpaired) electrons. The zero-order valence-electron chi connectivity index (χ0n) is 11.6. The Morgan fingerprint density at radius 1 is 1.29 bits per heavy atom. The number of hydrogen-bond donors (Lipinski definition) is 2. The van der Waals surface area contributed by atoms with Crippen LogP contribution in [0.1, 0.15) is 16.7 Å². The first-order chi connectivity index (χ1) is 10.1. The fourth-order valence-corrected chi connectivity index (χ4v) is 2.49. The summed E-state index contributed by atoms with van der Waals surface area (Å²) < 4.78 is 0.953. The second-order valence-corrected chi connectivity index (χ2v) is 5.56. The van der Waals surface area contributed by atoms with E-state index in [0.717, 1.165) is 21.2 Å². The van der Waals surface area contributed by atoms with Crippen molar-refractivity contribution >= 4 is 33.6 Å². The van der Waals surface area contributed by atoms with Crippen LogP contribution in [0.2, 0.25) is 0 Å². The Kier molecular flexibility index (Phi) is 5.31. The molecule has 0 bridgehead atoms. The topological polar surface area (TPSA) is 49.3 Å². The highest BCUT2D eigenvalue weighted by atomic mass is 79.9. The number of halogens is 1. The quantitative estimate of drug-likeness (QED) is 0.825. The van der Waals surface area contributed by atoms with Gasteiger partial charge in [-0.15, -0.1) is 0 Å². The van der Waals surface area contributed by atoms with E-state index in [1.807, 2.05) is 25.1 Å². The van der Waals surface area contributed by atoms with Gasteiger partial charge in [-0.25, -0.2) is 0 Å². The van der Waals surface area contributed by atoms with Crippen molar-refractivity contribution in [1.82, 2.24) is 0 Å². The number of aryl methyl sites for hydroxylation is 1. The Morgan fingerprint density at radius 2 is 2.10 bits per heavy atom. The number of aliphatic hydroxyl groups is 1. The van der Waals surface area contributed by atoms with Crippen molar-refractivity contribution in [3.8, 4) is 0 Å². The Bertz CT molecular complexity index is 680. The lowest BCUT2D eigenvalue weighted by atomic mass is 10.1. The number of rotatable bonds is 4. The number of nitrogens with one attached hydrogen (secondary N) is 1. The smallest absolute Gasteiger partial charge is 0.248 e.